The lowest BCUT2D eigenvalue weighted by molar-refractivity contribution is 0.151. The van der Waals surface area contributed by atoms with Gasteiger partial charge in [0.25, 0.3) is 0 Å². The van der Waals surface area contributed by atoms with Crippen LogP contribution in [0, 0.1) is 0 Å². The lowest BCUT2D eigenvalue weighted by Crippen LogP contribution is -2.14. The third-order valence-electron chi connectivity index (χ3n) is 3.70. The van der Waals surface area contributed by atoms with Gasteiger partial charge in [-0.2, -0.15) is 0 Å². The molecule has 0 aromatic heterocycles. The van der Waals surface area contributed by atoms with Crippen LogP contribution in [0.3, 0.4) is 0 Å². The fourth-order valence-electron chi connectivity index (χ4n) is 2.39. The maximum atomic E-state index is 10.0. The molecule has 1 aliphatic heterocycles. The molecule has 1 N–H and O–H groups in total. The minimum atomic E-state index is -0.478. The summed E-state index contributed by atoms with van der Waals surface area (Å²) in [5.74, 6) is 0. The first-order valence-electron chi connectivity index (χ1n) is 5.78. The number of hydrogen-bond acceptors (Lipinski definition) is 2. The number of hydrogen-bond donors (Lipinski definition) is 1. The van der Waals surface area contributed by atoms with Crippen LogP contribution >= 0.6 is 0 Å². The molecule has 1 fully saturated rings. The van der Waals surface area contributed by atoms with Gasteiger partial charge in [0.1, 0.15) is 0 Å². The van der Waals surface area contributed by atoms with Crippen molar-refractivity contribution in [2.24, 2.45) is 0 Å². The average molecular weight is 203 g/mol. The van der Waals surface area contributed by atoms with Crippen LogP contribution in [-0.4, -0.2) is 16.6 Å². The Hall–Kier alpha value is -0.860. The van der Waals surface area contributed by atoms with E-state index in [4.69, 9.17) is 0 Å². The van der Waals surface area contributed by atoms with Crippen molar-refractivity contribution in [1.82, 2.24) is 4.90 Å². The molecule has 1 aromatic rings. The van der Waals surface area contributed by atoms with E-state index >= 15 is 0 Å². The van der Waals surface area contributed by atoms with Crippen LogP contribution in [0.5, 0.6) is 0 Å². The van der Waals surface area contributed by atoms with E-state index < -0.39 is 5.60 Å². The zero-order valence-corrected chi connectivity index (χ0v) is 9.16. The van der Waals surface area contributed by atoms with Crippen molar-refractivity contribution < 1.29 is 5.11 Å². The van der Waals surface area contributed by atoms with Gasteiger partial charge >= 0.3 is 0 Å². The molecule has 0 bridgehead atoms. The van der Waals surface area contributed by atoms with Gasteiger partial charge in [-0.15, -0.1) is 0 Å². The zero-order chi connectivity index (χ0) is 10.5. The van der Waals surface area contributed by atoms with Crippen molar-refractivity contribution in [1.29, 1.82) is 0 Å². The van der Waals surface area contributed by atoms with E-state index in [1.165, 1.54) is 11.1 Å². The fourth-order valence-corrected chi connectivity index (χ4v) is 2.39. The van der Waals surface area contributed by atoms with Crippen molar-refractivity contribution in [2.75, 3.05) is 6.54 Å². The Balaban J connectivity index is 1.92. The Kier molecular flexibility index (Phi) is 1.91. The minimum Gasteiger partial charge on any atom is -0.385 e. The van der Waals surface area contributed by atoms with Gasteiger partial charge in [-0.3, -0.25) is 4.90 Å². The van der Waals surface area contributed by atoms with Gasteiger partial charge in [-0.05, 0) is 36.1 Å². The van der Waals surface area contributed by atoms with Crippen LogP contribution in [0.4, 0.5) is 0 Å². The summed E-state index contributed by atoms with van der Waals surface area (Å²) < 4.78 is 0. The molecule has 3 rings (SSSR count). The average Bonchev–Trinajstić information content (AvgIpc) is 2.86. The van der Waals surface area contributed by atoms with E-state index in [1.54, 1.807) is 0 Å². The quantitative estimate of drug-likeness (QED) is 0.794. The minimum absolute atomic E-state index is 0.478. The SMILES string of the molecule is CCN1Cc2ccc(C3(O)CC3)cc2C1. The maximum Gasteiger partial charge on any atom is 0.0899 e. The largest absolute Gasteiger partial charge is 0.385 e. The summed E-state index contributed by atoms with van der Waals surface area (Å²) in [5.41, 5.74) is 3.49. The smallest absolute Gasteiger partial charge is 0.0899 e. The number of rotatable bonds is 2. The number of aliphatic hydroxyl groups is 1. The molecule has 0 spiro atoms. The molecule has 0 radical (unpaired) electrons. The predicted molar refractivity (Wildman–Crippen MR) is 59.4 cm³/mol. The monoisotopic (exact) mass is 203 g/mol. The van der Waals surface area contributed by atoms with Crippen molar-refractivity contribution in [3.05, 3.63) is 34.9 Å². The second-order valence-corrected chi connectivity index (χ2v) is 4.82. The third kappa shape index (κ3) is 1.48. The molecule has 1 saturated carbocycles. The van der Waals surface area contributed by atoms with Crippen LogP contribution in [-0.2, 0) is 18.7 Å². The Morgan fingerprint density at radius 2 is 2.00 bits per heavy atom. The number of benzene rings is 1. The molecule has 0 amide bonds. The van der Waals surface area contributed by atoms with Crippen LogP contribution in [0.25, 0.3) is 0 Å². The molecular formula is C13H17NO. The van der Waals surface area contributed by atoms with Gasteiger partial charge in [-0.1, -0.05) is 25.1 Å². The highest BCUT2D eigenvalue weighted by atomic mass is 16.3. The Morgan fingerprint density at radius 1 is 1.27 bits per heavy atom. The van der Waals surface area contributed by atoms with E-state index in [0.29, 0.717) is 0 Å². The van der Waals surface area contributed by atoms with Gasteiger partial charge in [0.05, 0.1) is 5.60 Å². The molecule has 15 heavy (non-hydrogen) atoms. The first-order valence-corrected chi connectivity index (χ1v) is 5.78. The second-order valence-electron chi connectivity index (χ2n) is 4.82. The third-order valence-corrected chi connectivity index (χ3v) is 3.70. The van der Waals surface area contributed by atoms with E-state index in [2.05, 4.69) is 30.0 Å². The first-order chi connectivity index (χ1) is 7.21. The fraction of sp³-hybridized carbons (Fsp3) is 0.538. The molecular weight excluding hydrogens is 186 g/mol. The van der Waals surface area contributed by atoms with E-state index in [9.17, 15) is 5.11 Å². The van der Waals surface area contributed by atoms with Crippen LogP contribution in [0.1, 0.15) is 36.5 Å². The normalized spacial score (nSPS) is 22.8. The molecule has 80 valence electrons. The van der Waals surface area contributed by atoms with Crippen molar-refractivity contribution in [2.45, 2.75) is 38.5 Å². The van der Waals surface area contributed by atoms with Crippen molar-refractivity contribution in [3.63, 3.8) is 0 Å². The summed E-state index contributed by atoms with van der Waals surface area (Å²) in [7, 11) is 0. The van der Waals surface area contributed by atoms with Crippen LogP contribution in [0.2, 0.25) is 0 Å². The molecule has 1 aromatic carbocycles. The lowest BCUT2D eigenvalue weighted by Gasteiger charge is -2.10. The van der Waals surface area contributed by atoms with Crippen molar-refractivity contribution in [3.8, 4) is 0 Å². The van der Waals surface area contributed by atoms with Crippen molar-refractivity contribution >= 4 is 0 Å². The molecule has 0 atom stereocenters. The molecule has 2 heteroatoms. The Labute approximate surface area is 90.5 Å². The van der Waals surface area contributed by atoms with Crippen LogP contribution < -0.4 is 0 Å². The summed E-state index contributed by atoms with van der Waals surface area (Å²) in [6.07, 6.45) is 1.87. The molecule has 1 heterocycles. The summed E-state index contributed by atoms with van der Waals surface area (Å²) >= 11 is 0. The van der Waals surface area contributed by atoms with Gasteiger partial charge in [-0.25, -0.2) is 0 Å². The second kappa shape index (κ2) is 3.06. The predicted octanol–water partition coefficient (Wildman–Crippen LogP) is 2.00. The highest BCUT2D eigenvalue weighted by Crippen LogP contribution is 2.46. The molecule has 0 saturated heterocycles. The first kappa shape index (κ1) is 9.37. The standard InChI is InChI=1S/C13H17NO/c1-2-14-8-10-3-4-12(7-11(10)9-14)13(15)5-6-13/h3-4,7,15H,2,5-6,8-9H2,1H3. The topological polar surface area (TPSA) is 23.5 Å². The van der Waals surface area contributed by atoms with E-state index in [1.807, 2.05) is 0 Å². The highest BCUT2D eigenvalue weighted by molar-refractivity contribution is 5.38. The van der Waals surface area contributed by atoms with E-state index in [-0.39, 0.29) is 0 Å². The summed E-state index contributed by atoms with van der Waals surface area (Å²) in [4.78, 5) is 2.42. The summed E-state index contributed by atoms with van der Waals surface area (Å²) in [5, 5.41) is 10.0. The van der Waals surface area contributed by atoms with Gasteiger partial charge in [0.2, 0.25) is 0 Å². The number of nitrogens with zero attached hydrogens (tertiary/aromatic N) is 1. The highest BCUT2D eigenvalue weighted by Gasteiger charge is 2.42. The lowest BCUT2D eigenvalue weighted by atomic mass is 10.0. The Bertz CT molecular complexity index is 396. The summed E-state index contributed by atoms with van der Waals surface area (Å²) in [6.45, 7) is 5.43. The van der Waals surface area contributed by atoms with Gasteiger partial charge in [0.15, 0.2) is 0 Å². The number of fused-ring (bicyclic) bond motifs is 1. The van der Waals surface area contributed by atoms with Gasteiger partial charge in [0, 0.05) is 13.1 Å². The molecule has 2 nitrogen and oxygen atoms in total. The molecule has 0 unspecified atom stereocenters. The molecule has 2 aliphatic rings. The van der Waals surface area contributed by atoms with E-state index in [0.717, 1.165) is 38.0 Å². The molecule has 1 aliphatic carbocycles. The van der Waals surface area contributed by atoms with Crippen LogP contribution in [0.15, 0.2) is 18.2 Å². The zero-order valence-electron chi connectivity index (χ0n) is 9.16. The maximum absolute atomic E-state index is 10.0. The Morgan fingerprint density at radius 3 is 2.67 bits per heavy atom. The van der Waals surface area contributed by atoms with Gasteiger partial charge < -0.3 is 5.11 Å². The summed E-state index contributed by atoms with van der Waals surface area (Å²) in [6, 6.07) is 6.50.